The third kappa shape index (κ3) is 2.80. The lowest BCUT2D eigenvalue weighted by atomic mass is 9.88. The van der Waals surface area contributed by atoms with Gasteiger partial charge in [0.25, 0.3) is 0 Å². The minimum absolute atomic E-state index is 0.0359. The first-order valence-electron chi connectivity index (χ1n) is 6.61. The Labute approximate surface area is 119 Å². The predicted octanol–water partition coefficient (Wildman–Crippen LogP) is 2.86. The lowest BCUT2D eigenvalue weighted by molar-refractivity contribution is 0.0726. The van der Waals surface area contributed by atoms with E-state index < -0.39 is 5.60 Å². The first-order valence-corrected chi connectivity index (χ1v) is 6.61. The molecule has 1 N–H and O–H groups in total. The van der Waals surface area contributed by atoms with Crippen LogP contribution in [0.3, 0.4) is 0 Å². The summed E-state index contributed by atoms with van der Waals surface area (Å²) in [5.74, 6) is 0.638. The molecular weight excluding hydrogens is 252 g/mol. The van der Waals surface area contributed by atoms with E-state index in [2.05, 4.69) is 16.9 Å². The molecule has 0 aliphatic carbocycles. The summed E-state index contributed by atoms with van der Waals surface area (Å²) < 4.78 is 5.32. The van der Waals surface area contributed by atoms with Crippen molar-refractivity contribution < 1.29 is 9.84 Å². The molecule has 2 aromatic heterocycles. The van der Waals surface area contributed by atoms with Crippen LogP contribution in [0.5, 0.6) is 5.88 Å². The van der Waals surface area contributed by atoms with Gasteiger partial charge in [-0.2, -0.15) is 0 Å². The highest BCUT2D eigenvalue weighted by molar-refractivity contribution is 5.40. The maximum Gasteiger partial charge on any atom is 0.216 e. The highest BCUT2D eigenvalue weighted by Crippen LogP contribution is 2.34. The van der Waals surface area contributed by atoms with Gasteiger partial charge in [0.2, 0.25) is 5.88 Å². The second-order valence-corrected chi connectivity index (χ2v) is 5.32. The van der Waals surface area contributed by atoms with Crippen molar-refractivity contribution in [2.45, 2.75) is 32.3 Å². The van der Waals surface area contributed by atoms with E-state index in [1.807, 2.05) is 24.3 Å². The van der Waals surface area contributed by atoms with Crippen molar-refractivity contribution in [3.8, 4) is 5.88 Å². The van der Waals surface area contributed by atoms with E-state index >= 15 is 0 Å². The molecule has 0 spiro atoms. The summed E-state index contributed by atoms with van der Waals surface area (Å²) in [6, 6.07) is 7.73. The summed E-state index contributed by atoms with van der Waals surface area (Å²) in [7, 11) is 1.61. The molecule has 0 fully saturated rings. The Kier molecular flexibility index (Phi) is 4.04. The second-order valence-electron chi connectivity index (χ2n) is 5.32. The van der Waals surface area contributed by atoms with Crippen molar-refractivity contribution in [2.24, 2.45) is 0 Å². The normalized spacial score (nSPS) is 13.1. The van der Waals surface area contributed by atoms with Crippen molar-refractivity contribution >= 4 is 0 Å². The van der Waals surface area contributed by atoms with Gasteiger partial charge in [-0.1, -0.05) is 19.1 Å². The number of methoxy groups -OCH3 is 1. The van der Waals surface area contributed by atoms with Gasteiger partial charge >= 0.3 is 0 Å². The van der Waals surface area contributed by atoms with Gasteiger partial charge in [-0.15, -0.1) is 0 Å². The van der Waals surface area contributed by atoms with Crippen molar-refractivity contribution in [3.05, 3.63) is 53.5 Å². The van der Waals surface area contributed by atoms with Gasteiger partial charge in [0.1, 0.15) is 5.60 Å². The summed E-state index contributed by atoms with van der Waals surface area (Å²) in [5.41, 5.74) is 1.65. The number of hydrogen-bond donors (Lipinski definition) is 1. The molecule has 0 radical (unpaired) electrons. The Hall–Kier alpha value is -1.94. The van der Waals surface area contributed by atoms with Crippen LogP contribution in [0, 0.1) is 0 Å². The van der Waals surface area contributed by atoms with E-state index in [0.717, 1.165) is 11.1 Å². The van der Waals surface area contributed by atoms with Gasteiger partial charge in [0, 0.05) is 23.9 Å². The fourth-order valence-corrected chi connectivity index (χ4v) is 2.35. The van der Waals surface area contributed by atoms with Gasteiger partial charge in [0.15, 0.2) is 0 Å². The minimum atomic E-state index is -0.986. The number of nitrogens with zero attached hydrogens (tertiary/aromatic N) is 2. The third-order valence-corrected chi connectivity index (χ3v) is 3.35. The molecular formula is C16H20N2O2. The topological polar surface area (TPSA) is 55.2 Å². The average Bonchev–Trinajstić information content (AvgIpc) is 2.45. The number of rotatable bonds is 4. The lowest BCUT2D eigenvalue weighted by Gasteiger charge is -2.24. The van der Waals surface area contributed by atoms with Crippen molar-refractivity contribution in [1.82, 2.24) is 9.97 Å². The van der Waals surface area contributed by atoms with Gasteiger partial charge in [0.05, 0.1) is 12.8 Å². The number of aromatic nitrogens is 2. The molecule has 0 amide bonds. The molecule has 4 heteroatoms. The van der Waals surface area contributed by atoms with Crippen LogP contribution in [0.25, 0.3) is 0 Å². The van der Waals surface area contributed by atoms with Crippen molar-refractivity contribution in [1.29, 1.82) is 0 Å². The van der Waals surface area contributed by atoms with E-state index in [9.17, 15) is 5.11 Å². The Morgan fingerprint density at radius 1 is 1.10 bits per heavy atom. The fourth-order valence-electron chi connectivity index (χ4n) is 2.35. The number of ether oxygens (including phenoxy) is 1. The van der Waals surface area contributed by atoms with Gasteiger partial charge < -0.3 is 9.84 Å². The number of hydrogen-bond acceptors (Lipinski definition) is 4. The van der Waals surface area contributed by atoms with E-state index in [1.54, 1.807) is 33.4 Å². The molecule has 1 atom stereocenters. The highest BCUT2D eigenvalue weighted by atomic mass is 16.5. The van der Waals surface area contributed by atoms with Gasteiger partial charge in [-0.05, 0) is 31.5 Å². The van der Waals surface area contributed by atoms with Crippen LogP contribution in [-0.2, 0) is 5.60 Å². The maximum absolute atomic E-state index is 10.3. The van der Waals surface area contributed by atoms with Crippen molar-refractivity contribution in [2.75, 3.05) is 7.11 Å². The lowest BCUT2D eigenvalue weighted by Crippen LogP contribution is -2.21. The van der Waals surface area contributed by atoms with Gasteiger partial charge in [-0.3, -0.25) is 4.98 Å². The first kappa shape index (κ1) is 14.5. The SMILES string of the molecule is COc1ncccc1C(C)c1cccnc1C(C)(C)O. The third-order valence-electron chi connectivity index (χ3n) is 3.35. The van der Waals surface area contributed by atoms with E-state index in [4.69, 9.17) is 4.74 Å². The molecule has 0 saturated heterocycles. The van der Waals surface area contributed by atoms with Crippen LogP contribution in [0.2, 0.25) is 0 Å². The molecule has 106 valence electrons. The summed E-state index contributed by atoms with van der Waals surface area (Å²) in [6.07, 6.45) is 3.40. The summed E-state index contributed by atoms with van der Waals surface area (Å²) >= 11 is 0. The molecule has 0 aliphatic heterocycles. The minimum Gasteiger partial charge on any atom is -0.481 e. The quantitative estimate of drug-likeness (QED) is 0.929. The standard InChI is InChI=1S/C16H20N2O2/c1-11(13-8-6-10-18-15(13)20-4)12-7-5-9-17-14(12)16(2,3)19/h5-11,19H,1-4H3. The summed E-state index contributed by atoms with van der Waals surface area (Å²) in [6.45, 7) is 5.55. The zero-order valence-electron chi connectivity index (χ0n) is 12.3. The zero-order chi connectivity index (χ0) is 14.8. The molecule has 0 aromatic carbocycles. The van der Waals surface area contributed by atoms with Crippen LogP contribution < -0.4 is 4.74 Å². The smallest absolute Gasteiger partial charge is 0.216 e. The Morgan fingerprint density at radius 2 is 1.70 bits per heavy atom. The van der Waals surface area contributed by atoms with E-state index in [1.165, 1.54) is 0 Å². The molecule has 20 heavy (non-hydrogen) atoms. The molecule has 1 unspecified atom stereocenters. The second kappa shape index (κ2) is 5.59. The molecule has 2 heterocycles. The average molecular weight is 272 g/mol. The van der Waals surface area contributed by atoms with E-state index in [0.29, 0.717) is 11.6 Å². The summed E-state index contributed by atoms with van der Waals surface area (Å²) in [5, 5.41) is 10.3. The van der Waals surface area contributed by atoms with Crippen LogP contribution in [0.1, 0.15) is 43.5 Å². The molecule has 0 aliphatic rings. The predicted molar refractivity (Wildman–Crippen MR) is 77.8 cm³/mol. The fraction of sp³-hybridized carbons (Fsp3) is 0.375. The Bertz CT molecular complexity index is 591. The van der Waals surface area contributed by atoms with Crippen LogP contribution in [-0.4, -0.2) is 22.2 Å². The molecule has 4 nitrogen and oxygen atoms in total. The Morgan fingerprint density at radius 3 is 2.30 bits per heavy atom. The maximum atomic E-state index is 10.3. The number of aliphatic hydroxyl groups is 1. The Balaban J connectivity index is 2.52. The first-order chi connectivity index (χ1) is 9.45. The van der Waals surface area contributed by atoms with Crippen LogP contribution in [0.4, 0.5) is 0 Å². The monoisotopic (exact) mass is 272 g/mol. The van der Waals surface area contributed by atoms with Gasteiger partial charge in [-0.25, -0.2) is 4.98 Å². The zero-order valence-corrected chi connectivity index (χ0v) is 12.3. The molecule has 2 aromatic rings. The molecule has 0 bridgehead atoms. The summed E-state index contributed by atoms with van der Waals surface area (Å²) in [4.78, 5) is 8.57. The van der Waals surface area contributed by atoms with E-state index in [-0.39, 0.29) is 5.92 Å². The largest absolute Gasteiger partial charge is 0.481 e. The van der Waals surface area contributed by atoms with Crippen LogP contribution >= 0.6 is 0 Å². The van der Waals surface area contributed by atoms with Crippen molar-refractivity contribution in [3.63, 3.8) is 0 Å². The number of pyridine rings is 2. The molecule has 2 rings (SSSR count). The van der Waals surface area contributed by atoms with Crippen LogP contribution in [0.15, 0.2) is 36.7 Å². The highest BCUT2D eigenvalue weighted by Gasteiger charge is 2.25. The molecule has 0 saturated carbocycles.